The first-order chi connectivity index (χ1) is 3.46. The molecule has 0 atom stereocenters. The summed E-state index contributed by atoms with van der Waals surface area (Å²) in [6, 6.07) is 0. The van der Waals surface area contributed by atoms with Gasteiger partial charge in [-0.3, -0.25) is 0 Å². The molecule has 56 valence electrons. The summed E-state index contributed by atoms with van der Waals surface area (Å²) in [6.45, 7) is 6.44. The van der Waals surface area contributed by atoms with Crippen molar-refractivity contribution in [2.45, 2.75) is 39.9 Å². The monoisotopic (exact) mass is 192 g/mol. The Bertz CT molecular complexity index is 26.5. The van der Waals surface area contributed by atoms with Crippen molar-refractivity contribution in [3.63, 3.8) is 0 Å². The molecule has 0 aromatic heterocycles. The largest absolute Gasteiger partial charge is 0.852 e. The molecule has 0 fully saturated rings. The summed E-state index contributed by atoms with van der Waals surface area (Å²) >= 11 is 0. The maximum Gasteiger partial charge on any atom is 0 e. The Kier molecular flexibility index (Phi) is 20.3. The van der Waals surface area contributed by atoms with Crippen molar-refractivity contribution in [1.82, 2.24) is 0 Å². The molecule has 0 aliphatic carbocycles. The average Bonchev–Trinajstić information content (AvgIpc) is 1.25. The Balaban J connectivity index is -0.0000000720. The fourth-order valence-electron chi connectivity index (χ4n) is 0. The van der Waals surface area contributed by atoms with E-state index in [-0.39, 0.29) is 17.6 Å². The topological polar surface area (TPSA) is 46.1 Å². The van der Waals surface area contributed by atoms with Crippen LogP contribution in [-0.4, -0.2) is 29.8 Å². The second-order valence-electron chi connectivity index (χ2n) is 2.10. The second-order valence-corrected chi connectivity index (χ2v) is 2.10. The van der Waals surface area contributed by atoms with E-state index in [1.807, 2.05) is 0 Å². The zero-order valence-corrected chi connectivity index (χ0v) is 8.57. The summed E-state index contributed by atoms with van der Waals surface area (Å²) in [6.07, 6.45) is -0.833. The van der Waals surface area contributed by atoms with Gasteiger partial charge in [0.05, 0.1) is 0 Å². The fourth-order valence-corrected chi connectivity index (χ4v) is 0. The summed E-state index contributed by atoms with van der Waals surface area (Å²) in [4.78, 5) is 0. The average molecular weight is 191 g/mol. The Labute approximate surface area is 68.3 Å². The molecule has 0 spiro atoms. The Morgan fingerprint density at radius 3 is 0.778 bits per heavy atom. The number of rotatable bonds is 0. The quantitative estimate of drug-likeness (QED) is 0.467. The van der Waals surface area contributed by atoms with E-state index >= 15 is 0 Å². The van der Waals surface area contributed by atoms with E-state index in [2.05, 4.69) is 0 Å². The molecular formula is C6H14GeO2-2. The van der Waals surface area contributed by atoms with Crippen LogP contribution < -0.4 is 10.2 Å². The minimum Gasteiger partial charge on any atom is -0.852 e. The second kappa shape index (κ2) is 11.3. The van der Waals surface area contributed by atoms with Gasteiger partial charge >= 0.3 is 0 Å². The molecule has 0 amide bonds. The SMILES string of the molecule is CC(C)[O-].CC(C)[O-].[Ge]. The first-order valence-electron chi connectivity index (χ1n) is 2.78. The van der Waals surface area contributed by atoms with Crippen LogP contribution in [0.25, 0.3) is 0 Å². The molecule has 0 rings (SSSR count). The van der Waals surface area contributed by atoms with Crippen LogP contribution >= 0.6 is 0 Å². The molecule has 0 saturated carbocycles. The van der Waals surface area contributed by atoms with Gasteiger partial charge in [0.15, 0.2) is 0 Å². The molecule has 2 nitrogen and oxygen atoms in total. The van der Waals surface area contributed by atoms with E-state index in [0.29, 0.717) is 0 Å². The number of hydrogen-bond acceptors (Lipinski definition) is 2. The Morgan fingerprint density at radius 2 is 0.778 bits per heavy atom. The molecule has 0 saturated heterocycles. The normalized spacial score (nSPS) is 8.00. The summed E-state index contributed by atoms with van der Waals surface area (Å²) in [7, 11) is 0. The van der Waals surface area contributed by atoms with Gasteiger partial charge in [-0.15, -0.1) is 12.2 Å². The van der Waals surface area contributed by atoms with E-state index in [1.165, 1.54) is 0 Å². The molecule has 0 aromatic rings. The standard InChI is InChI=1S/2C3H7O.Ge/c2*1-3(2)4;/h2*3H,1-2H3;/q2*-1;. The summed E-state index contributed by atoms with van der Waals surface area (Å²) in [5.41, 5.74) is 0. The third kappa shape index (κ3) is 1650. The smallest absolute Gasteiger partial charge is 0 e. The van der Waals surface area contributed by atoms with Crippen LogP contribution in [0.1, 0.15) is 27.7 Å². The van der Waals surface area contributed by atoms with Crippen LogP contribution in [0.3, 0.4) is 0 Å². The maximum absolute atomic E-state index is 9.53. The minimum atomic E-state index is -0.417. The molecule has 0 aromatic carbocycles. The van der Waals surface area contributed by atoms with Crippen molar-refractivity contribution >= 4 is 17.6 Å². The van der Waals surface area contributed by atoms with Crippen molar-refractivity contribution < 1.29 is 10.2 Å². The van der Waals surface area contributed by atoms with Gasteiger partial charge in [0, 0.05) is 17.6 Å². The van der Waals surface area contributed by atoms with Crippen LogP contribution in [0.15, 0.2) is 0 Å². The minimum absolute atomic E-state index is 0. The molecule has 9 heavy (non-hydrogen) atoms. The third-order valence-corrected chi connectivity index (χ3v) is 0. The van der Waals surface area contributed by atoms with Crippen LogP contribution in [0.2, 0.25) is 0 Å². The predicted octanol–water partition coefficient (Wildman–Crippen LogP) is -0.871. The van der Waals surface area contributed by atoms with Gasteiger partial charge in [0.1, 0.15) is 0 Å². The van der Waals surface area contributed by atoms with Crippen LogP contribution in [0, 0.1) is 0 Å². The predicted molar refractivity (Wildman–Crippen MR) is 36.0 cm³/mol. The van der Waals surface area contributed by atoms with Crippen LogP contribution in [0.5, 0.6) is 0 Å². The van der Waals surface area contributed by atoms with Gasteiger partial charge in [-0.1, -0.05) is 27.7 Å². The van der Waals surface area contributed by atoms with E-state index in [9.17, 15) is 10.2 Å². The molecule has 0 bridgehead atoms. The van der Waals surface area contributed by atoms with Gasteiger partial charge in [0.2, 0.25) is 0 Å². The van der Waals surface area contributed by atoms with Crippen molar-refractivity contribution in [3.05, 3.63) is 0 Å². The van der Waals surface area contributed by atoms with Gasteiger partial charge in [-0.2, -0.15) is 0 Å². The summed E-state index contributed by atoms with van der Waals surface area (Å²) in [5, 5.41) is 19.1. The van der Waals surface area contributed by atoms with Crippen molar-refractivity contribution in [2.75, 3.05) is 0 Å². The summed E-state index contributed by atoms with van der Waals surface area (Å²) in [5.74, 6) is 0. The van der Waals surface area contributed by atoms with E-state index in [4.69, 9.17) is 0 Å². The zero-order valence-electron chi connectivity index (χ0n) is 6.47. The number of hydrogen-bond donors (Lipinski definition) is 0. The van der Waals surface area contributed by atoms with Crippen LogP contribution in [0.4, 0.5) is 0 Å². The molecule has 4 radical (unpaired) electrons. The fraction of sp³-hybridized carbons (Fsp3) is 1.00. The van der Waals surface area contributed by atoms with Gasteiger partial charge in [0.25, 0.3) is 0 Å². The van der Waals surface area contributed by atoms with Gasteiger partial charge in [-0.05, 0) is 0 Å². The van der Waals surface area contributed by atoms with E-state index in [0.717, 1.165) is 0 Å². The molecule has 0 N–H and O–H groups in total. The third-order valence-electron chi connectivity index (χ3n) is 0. The van der Waals surface area contributed by atoms with E-state index in [1.54, 1.807) is 27.7 Å². The van der Waals surface area contributed by atoms with Gasteiger partial charge < -0.3 is 10.2 Å². The van der Waals surface area contributed by atoms with Crippen molar-refractivity contribution in [1.29, 1.82) is 0 Å². The van der Waals surface area contributed by atoms with Crippen LogP contribution in [-0.2, 0) is 0 Å². The Hall–Kier alpha value is 0.463. The van der Waals surface area contributed by atoms with E-state index < -0.39 is 12.2 Å². The Morgan fingerprint density at radius 1 is 0.778 bits per heavy atom. The zero-order chi connectivity index (χ0) is 7.15. The first-order valence-corrected chi connectivity index (χ1v) is 2.78. The maximum atomic E-state index is 9.53. The summed E-state index contributed by atoms with van der Waals surface area (Å²) < 4.78 is 0. The molecule has 3 heteroatoms. The molecule has 0 unspecified atom stereocenters. The molecular weight excluding hydrogens is 177 g/mol. The molecule has 0 aliphatic rings. The molecule has 0 aliphatic heterocycles. The van der Waals surface area contributed by atoms with Crippen molar-refractivity contribution in [3.8, 4) is 0 Å². The van der Waals surface area contributed by atoms with Gasteiger partial charge in [-0.25, -0.2) is 0 Å². The molecule has 0 heterocycles. The van der Waals surface area contributed by atoms with Crippen molar-refractivity contribution in [2.24, 2.45) is 0 Å². The first kappa shape index (κ1) is 16.2.